The van der Waals surface area contributed by atoms with Crippen molar-refractivity contribution < 1.29 is 14.3 Å². The molecule has 0 N–H and O–H groups in total. The highest BCUT2D eigenvalue weighted by Gasteiger charge is 2.22. The lowest BCUT2D eigenvalue weighted by Crippen LogP contribution is -2.30. The first-order chi connectivity index (χ1) is 6.74. The van der Waals surface area contributed by atoms with Crippen LogP contribution in [-0.4, -0.2) is 32.1 Å². The molecule has 0 fully saturated rings. The zero-order valence-corrected chi connectivity index (χ0v) is 10.4. The maximum Gasteiger partial charge on any atom is 0.324 e. The molecule has 0 atom stereocenters. The predicted molar refractivity (Wildman–Crippen MR) is 63.6 cm³/mol. The molecule has 0 saturated heterocycles. The molecule has 0 aliphatic rings. The Bertz CT molecular complexity index is 234. The summed E-state index contributed by atoms with van der Waals surface area (Å²) in [4.78, 5) is 11.3. The summed E-state index contributed by atoms with van der Waals surface area (Å²) >= 11 is 0. The van der Waals surface area contributed by atoms with Crippen molar-refractivity contribution in [2.45, 2.75) is 45.8 Å². The lowest BCUT2D eigenvalue weighted by atomic mass is 9.97. The molecule has 0 aliphatic heterocycles. The molecule has 0 bridgehead atoms. The molecule has 15 heavy (non-hydrogen) atoms. The van der Waals surface area contributed by atoms with Gasteiger partial charge in [0.05, 0.1) is 12.7 Å². The highest BCUT2D eigenvalue weighted by atomic mass is 16.6. The molecule has 0 rings (SSSR count). The number of ether oxygens (including phenoxy) is 2. The van der Waals surface area contributed by atoms with Crippen LogP contribution < -0.4 is 0 Å². The monoisotopic (exact) mass is 212 g/mol. The fourth-order valence-corrected chi connectivity index (χ4v) is 0.930. The SMILES string of the molecule is BC(=C)C(=O)OC(C)(C)CCOC(C)C. The maximum absolute atomic E-state index is 11.3. The summed E-state index contributed by atoms with van der Waals surface area (Å²) in [6.07, 6.45) is 0.891. The predicted octanol–water partition coefficient (Wildman–Crippen LogP) is 1.27. The maximum atomic E-state index is 11.3. The molecule has 0 aliphatic carbocycles. The molecule has 0 aromatic carbocycles. The fraction of sp³-hybridized carbons (Fsp3) is 0.727. The number of esters is 1. The Morgan fingerprint density at radius 2 is 2.00 bits per heavy atom. The van der Waals surface area contributed by atoms with Crippen molar-refractivity contribution in [1.29, 1.82) is 0 Å². The largest absolute Gasteiger partial charge is 0.457 e. The molecule has 0 spiro atoms. The lowest BCUT2D eigenvalue weighted by molar-refractivity contribution is -0.152. The van der Waals surface area contributed by atoms with Crippen LogP contribution in [0.1, 0.15) is 34.1 Å². The van der Waals surface area contributed by atoms with E-state index in [1.807, 2.05) is 27.7 Å². The van der Waals surface area contributed by atoms with Crippen LogP contribution in [0.15, 0.2) is 12.1 Å². The summed E-state index contributed by atoms with van der Waals surface area (Å²) in [6.45, 7) is 11.8. The van der Waals surface area contributed by atoms with Gasteiger partial charge in [0.1, 0.15) is 13.4 Å². The van der Waals surface area contributed by atoms with E-state index in [9.17, 15) is 4.79 Å². The van der Waals surface area contributed by atoms with Crippen molar-refractivity contribution in [2.24, 2.45) is 0 Å². The van der Waals surface area contributed by atoms with Crippen LogP contribution in [0.2, 0.25) is 0 Å². The Morgan fingerprint density at radius 1 is 1.47 bits per heavy atom. The second-order valence-electron chi connectivity index (χ2n) is 4.60. The van der Waals surface area contributed by atoms with Gasteiger partial charge in [-0.15, -0.1) is 0 Å². The number of hydrogen-bond donors (Lipinski definition) is 0. The molecule has 0 heterocycles. The van der Waals surface area contributed by atoms with Crippen molar-refractivity contribution in [1.82, 2.24) is 0 Å². The fourth-order valence-electron chi connectivity index (χ4n) is 0.930. The molecule has 0 amide bonds. The molecular weight excluding hydrogens is 191 g/mol. The summed E-state index contributed by atoms with van der Waals surface area (Å²) in [5.41, 5.74) is -0.0712. The van der Waals surface area contributed by atoms with Gasteiger partial charge in [-0.1, -0.05) is 6.58 Å². The van der Waals surface area contributed by atoms with Gasteiger partial charge in [0.2, 0.25) is 0 Å². The third kappa shape index (κ3) is 7.20. The first-order valence-corrected chi connectivity index (χ1v) is 5.25. The van der Waals surface area contributed by atoms with E-state index in [0.717, 1.165) is 0 Å². The molecule has 0 radical (unpaired) electrons. The van der Waals surface area contributed by atoms with Crippen LogP contribution >= 0.6 is 0 Å². The minimum atomic E-state index is -0.495. The van der Waals surface area contributed by atoms with Gasteiger partial charge in [0, 0.05) is 6.42 Å². The molecule has 3 nitrogen and oxygen atoms in total. The van der Waals surface area contributed by atoms with Gasteiger partial charge in [-0.3, -0.25) is 0 Å². The van der Waals surface area contributed by atoms with Crippen molar-refractivity contribution >= 4 is 13.8 Å². The average Bonchev–Trinajstić information content (AvgIpc) is 2.01. The third-order valence-electron chi connectivity index (χ3n) is 1.87. The van der Waals surface area contributed by atoms with Crippen molar-refractivity contribution in [3.63, 3.8) is 0 Å². The smallest absolute Gasteiger partial charge is 0.324 e. The summed E-state index contributed by atoms with van der Waals surface area (Å²) < 4.78 is 10.7. The zero-order chi connectivity index (χ0) is 12.1. The van der Waals surface area contributed by atoms with Gasteiger partial charge in [-0.2, -0.15) is 0 Å². The van der Waals surface area contributed by atoms with Crippen LogP contribution in [-0.2, 0) is 14.3 Å². The number of rotatable bonds is 6. The van der Waals surface area contributed by atoms with E-state index in [1.54, 1.807) is 7.85 Å². The summed E-state index contributed by atoms with van der Waals surface area (Å²) in [5.74, 6) is -0.343. The van der Waals surface area contributed by atoms with Crippen LogP contribution in [0, 0.1) is 0 Å². The summed E-state index contributed by atoms with van der Waals surface area (Å²) in [7, 11) is 1.64. The van der Waals surface area contributed by atoms with E-state index in [4.69, 9.17) is 9.47 Å². The van der Waals surface area contributed by atoms with E-state index >= 15 is 0 Å². The van der Waals surface area contributed by atoms with E-state index in [1.165, 1.54) is 0 Å². The minimum absolute atomic E-state index is 0.206. The summed E-state index contributed by atoms with van der Waals surface area (Å²) in [6, 6.07) is 0. The molecule has 0 unspecified atom stereocenters. The van der Waals surface area contributed by atoms with Crippen LogP contribution in [0.5, 0.6) is 0 Å². The standard InChI is InChI=1S/C11H21BO3/c1-8(2)14-7-6-11(4,5)15-10(13)9(3)12/h8H,3,6-7,12H2,1-2,4-5H3. The minimum Gasteiger partial charge on any atom is -0.457 e. The first kappa shape index (κ1) is 14.2. The normalized spacial score (nSPS) is 11.5. The van der Waals surface area contributed by atoms with Gasteiger partial charge >= 0.3 is 5.97 Å². The number of carbonyl (C=O) groups is 1. The highest BCUT2D eigenvalue weighted by molar-refractivity contribution is 6.34. The first-order valence-electron chi connectivity index (χ1n) is 5.25. The van der Waals surface area contributed by atoms with Crippen molar-refractivity contribution in [2.75, 3.05) is 6.61 Å². The Balaban J connectivity index is 3.96. The summed E-state index contributed by atoms with van der Waals surface area (Å²) in [5, 5.41) is 0. The van der Waals surface area contributed by atoms with Gasteiger partial charge < -0.3 is 9.47 Å². The number of hydrogen-bond acceptors (Lipinski definition) is 3. The number of carbonyl (C=O) groups excluding carboxylic acids is 1. The van der Waals surface area contributed by atoms with Crippen LogP contribution in [0.4, 0.5) is 0 Å². The van der Waals surface area contributed by atoms with Gasteiger partial charge in [0.25, 0.3) is 0 Å². The van der Waals surface area contributed by atoms with Gasteiger partial charge in [0.15, 0.2) is 0 Å². The van der Waals surface area contributed by atoms with E-state index in [2.05, 4.69) is 6.58 Å². The molecule has 0 aromatic heterocycles. The second kappa shape index (κ2) is 5.96. The van der Waals surface area contributed by atoms with Crippen LogP contribution in [0.25, 0.3) is 0 Å². The highest BCUT2D eigenvalue weighted by Crippen LogP contribution is 2.16. The van der Waals surface area contributed by atoms with E-state index in [0.29, 0.717) is 18.5 Å². The van der Waals surface area contributed by atoms with E-state index < -0.39 is 5.60 Å². The molecule has 0 aromatic rings. The van der Waals surface area contributed by atoms with Gasteiger partial charge in [-0.05, 0) is 33.2 Å². The Morgan fingerprint density at radius 3 is 2.40 bits per heavy atom. The molecule has 86 valence electrons. The van der Waals surface area contributed by atoms with Gasteiger partial charge in [-0.25, -0.2) is 4.79 Å². The Kier molecular flexibility index (Phi) is 5.65. The second-order valence-corrected chi connectivity index (χ2v) is 4.60. The topological polar surface area (TPSA) is 35.5 Å². The average molecular weight is 212 g/mol. The van der Waals surface area contributed by atoms with Crippen molar-refractivity contribution in [3.8, 4) is 0 Å². The van der Waals surface area contributed by atoms with E-state index in [-0.39, 0.29) is 12.1 Å². The molecule has 0 saturated carbocycles. The zero-order valence-electron chi connectivity index (χ0n) is 10.4. The molecule has 4 heteroatoms. The quantitative estimate of drug-likeness (QED) is 0.378. The van der Waals surface area contributed by atoms with Crippen LogP contribution in [0.3, 0.4) is 0 Å². The van der Waals surface area contributed by atoms with Crippen molar-refractivity contribution in [3.05, 3.63) is 12.1 Å². The molecular formula is C11H21BO3. The Labute approximate surface area is 93.2 Å². The third-order valence-corrected chi connectivity index (χ3v) is 1.87. The Hall–Kier alpha value is -0.765. The lowest BCUT2D eigenvalue weighted by Gasteiger charge is -2.25.